The van der Waals surface area contributed by atoms with E-state index in [1.807, 2.05) is 26.0 Å². The lowest BCUT2D eigenvalue weighted by atomic mass is 10.1. The van der Waals surface area contributed by atoms with Gasteiger partial charge in [-0.05, 0) is 49.9 Å². The van der Waals surface area contributed by atoms with Crippen molar-refractivity contribution in [2.45, 2.75) is 46.6 Å². The van der Waals surface area contributed by atoms with E-state index in [1.54, 1.807) is 0 Å². The Morgan fingerprint density at radius 1 is 1.26 bits per heavy atom. The van der Waals surface area contributed by atoms with Crippen LogP contribution in [-0.4, -0.2) is 18.6 Å². The smallest absolute Gasteiger partial charge is 0.258 e. The number of amides is 1. The van der Waals surface area contributed by atoms with E-state index < -0.39 is 0 Å². The average Bonchev–Trinajstić information content (AvgIpc) is 2.38. The first-order valence-corrected chi connectivity index (χ1v) is 6.76. The predicted octanol–water partition coefficient (Wildman–Crippen LogP) is 2.57. The topological polar surface area (TPSA) is 64.3 Å². The summed E-state index contributed by atoms with van der Waals surface area (Å²) in [7, 11) is 0. The van der Waals surface area contributed by atoms with Gasteiger partial charge in [-0.2, -0.15) is 0 Å². The predicted molar refractivity (Wildman–Crippen MR) is 78.3 cm³/mol. The molecule has 0 bridgehead atoms. The number of carbonyl (C=O) groups excluding carboxylic acids is 1. The Morgan fingerprint density at radius 2 is 1.89 bits per heavy atom. The molecule has 1 aromatic rings. The Balaban J connectivity index is 2.57. The van der Waals surface area contributed by atoms with Gasteiger partial charge in [0.15, 0.2) is 6.61 Å². The van der Waals surface area contributed by atoms with Crippen molar-refractivity contribution >= 4 is 11.6 Å². The zero-order chi connectivity index (χ0) is 14.4. The van der Waals surface area contributed by atoms with Gasteiger partial charge in [-0.1, -0.05) is 13.8 Å². The Kier molecular flexibility index (Phi) is 5.67. The minimum absolute atomic E-state index is 0.0424. The summed E-state index contributed by atoms with van der Waals surface area (Å²) >= 11 is 0. The van der Waals surface area contributed by atoms with Gasteiger partial charge in [0.05, 0.1) is 0 Å². The van der Waals surface area contributed by atoms with E-state index in [9.17, 15) is 4.79 Å². The van der Waals surface area contributed by atoms with Crippen LogP contribution < -0.4 is 15.8 Å². The number of rotatable bonds is 6. The van der Waals surface area contributed by atoms with Crippen LogP contribution in [0.5, 0.6) is 5.75 Å². The number of hydrogen-bond acceptors (Lipinski definition) is 3. The summed E-state index contributed by atoms with van der Waals surface area (Å²) in [5.74, 6) is 0.633. The molecule has 0 aliphatic rings. The molecular formula is C15H24N2O2. The van der Waals surface area contributed by atoms with Gasteiger partial charge in [-0.15, -0.1) is 0 Å². The number of aryl methyl sites for hydroxylation is 2. The van der Waals surface area contributed by atoms with E-state index in [0.717, 1.165) is 29.7 Å². The molecule has 106 valence electrons. The van der Waals surface area contributed by atoms with Crippen LogP contribution in [0, 0.1) is 13.8 Å². The molecule has 0 atom stereocenters. The maximum absolute atomic E-state index is 11.7. The van der Waals surface area contributed by atoms with Crippen molar-refractivity contribution in [3.05, 3.63) is 23.3 Å². The summed E-state index contributed by atoms with van der Waals surface area (Å²) in [4.78, 5) is 11.7. The molecule has 0 aromatic heterocycles. The third-order valence-electron chi connectivity index (χ3n) is 3.27. The normalized spacial score (nSPS) is 10.6. The van der Waals surface area contributed by atoms with Crippen molar-refractivity contribution < 1.29 is 9.53 Å². The van der Waals surface area contributed by atoms with Crippen LogP contribution in [0.3, 0.4) is 0 Å². The number of hydrogen-bond donors (Lipinski definition) is 2. The van der Waals surface area contributed by atoms with E-state index in [0.29, 0.717) is 5.75 Å². The highest BCUT2D eigenvalue weighted by Gasteiger charge is 2.10. The Hall–Kier alpha value is -1.71. The minimum Gasteiger partial charge on any atom is -0.483 e. The lowest BCUT2D eigenvalue weighted by Crippen LogP contribution is -2.37. The second-order valence-electron chi connectivity index (χ2n) is 4.84. The summed E-state index contributed by atoms with van der Waals surface area (Å²) in [6.45, 7) is 8.00. The van der Waals surface area contributed by atoms with E-state index >= 15 is 0 Å². The van der Waals surface area contributed by atoms with Gasteiger partial charge in [-0.3, -0.25) is 4.79 Å². The fourth-order valence-electron chi connectivity index (χ4n) is 1.87. The van der Waals surface area contributed by atoms with Crippen LogP contribution in [0.2, 0.25) is 0 Å². The quantitative estimate of drug-likeness (QED) is 0.776. The highest BCUT2D eigenvalue weighted by atomic mass is 16.5. The Labute approximate surface area is 115 Å². The highest BCUT2D eigenvalue weighted by molar-refractivity contribution is 5.77. The SMILES string of the molecule is CCC(CC)NC(=O)COc1cc(C)c(N)cc1C. The molecule has 19 heavy (non-hydrogen) atoms. The number of ether oxygens (including phenoxy) is 1. The minimum atomic E-state index is -0.0809. The molecule has 1 amide bonds. The molecule has 0 aliphatic heterocycles. The number of carbonyl (C=O) groups is 1. The van der Waals surface area contributed by atoms with Crippen LogP contribution in [0.1, 0.15) is 37.8 Å². The summed E-state index contributed by atoms with van der Waals surface area (Å²) in [5.41, 5.74) is 8.46. The molecule has 0 saturated carbocycles. The molecule has 3 N–H and O–H groups in total. The molecule has 0 saturated heterocycles. The molecule has 4 nitrogen and oxygen atoms in total. The summed E-state index contributed by atoms with van der Waals surface area (Å²) in [5, 5.41) is 2.94. The lowest BCUT2D eigenvalue weighted by molar-refractivity contribution is -0.123. The Bertz CT molecular complexity index is 440. The molecule has 0 fully saturated rings. The standard InChI is InChI=1S/C15H24N2O2/c1-5-12(6-2)17-15(18)9-19-14-8-10(3)13(16)7-11(14)4/h7-8,12H,5-6,9,16H2,1-4H3,(H,17,18). The third kappa shape index (κ3) is 4.47. The number of nitrogens with two attached hydrogens (primary N) is 1. The molecule has 0 spiro atoms. The highest BCUT2D eigenvalue weighted by Crippen LogP contribution is 2.24. The van der Waals surface area contributed by atoms with Gasteiger partial charge in [-0.25, -0.2) is 0 Å². The average molecular weight is 264 g/mol. The fourth-order valence-corrected chi connectivity index (χ4v) is 1.87. The first kappa shape index (κ1) is 15.3. The monoisotopic (exact) mass is 264 g/mol. The van der Waals surface area contributed by atoms with Crippen LogP contribution in [-0.2, 0) is 4.79 Å². The second-order valence-corrected chi connectivity index (χ2v) is 4.84. The lowest BCUT2D eigenvalue weighted by Gasteiger charge is -2.16. The Morgan fingerprint density at radius 3 is 2.47 bits per heavy atom. The van der Waals surface area contributed by atoms with E-state index in [4.69, 9.17) is 10.5 Å². The maximum Gasteiger partial charge on any atom is 0.258 e. The summed E-state index contributed by atoms with van der Waals surface area (Å²) in [6.07, 6.45) is 1.87. The zero-order valence-corrected chi connectivity index (χ0v) is 12.2. The fraction of sp³-hybridized carbons (Fsp3) is 0.533. The summed E-state index contributed by atoms with van der Waals surface area (Å²) < 4.78 is 5.56. The first-order chi connectivity index (χ1) is 8.97. The van der Waals surface area contributed by atoms with E-state index in [-0.39, 0.29) is 18.6 Å². The van der Waals surface area contributed by atoms with Crippen molar-refractivity contribution in [2.24, 2.45) is 0 Å². The number of nitrogens with one attached hydrogen (secondary N) is 1. The largest absolute Gasteiger partial charge is 0.483 e. The van der Waals surface area contributed by atoms with Gasteiger partial charge >= 0.3 is 0 Å². The number of nitrogen functional groups attached to an aromatic ring is 1. The molecule has 0 heterocycles. The molecule has 1 rings (SSSR count). The van der Waals surface area contributed by atoms with Crippen molar-refractivity contribution in [3.63, 3.8) is 0 Å². The number of anilines is 1. The van der Waals surface area contributed by atoms with Crippen molar-refractivity contribution in [1.82, 2.24) is 5.32 Å². The van der Waals surface area contributed by atoms with E-state index in [1.165, 1.54) is 0 Å². The molecule has 0 radical (unpaired) electrons. The van der Waals surface area contributed by atoms with Gasteiger partial charge in [0.2, 0.25) is 0 Å². The number of benzene rings is 1. The third-order valence-corrected chi connectivity index (χ3v) is 3.27. The van der Waals surface area contributed by atoms with Crippen molar-refractivity contribution in [2.75, 3.05) is 12.3 Å². The van der Waals surface area contributed by atoms with Crippen molar-refractivity contribution in [1.29, 1.82) is 0 Å². The van der Waals surface area contributed by atoms with Gasteiger partial charge in [0.1, 0.15) is 5.75 Å². The van der Waals surface area contributed by atoms with Crippen LogP contribution in [0.15, 0.2) is 12.1 Å². The van der Waals surface area contributed by atoms with Gasteiger partial charge in [0.25, 0.3) is 5.91 Å². The molecular weight excluding hydrogens is 240 g/mol. The molecule has 0 aliphatic carbocycles. The second kappa shape index (κ2) is 7.02. The molecule has 1 aromatic carbocycles. The van der Waals surface area contributed by atoms with Crippen LogP contribution >= 0.6 is 0 Å². The van der Waals surface area contributed by atoms with Gasteiger partial charge < -0.3 is 15.8 Å². The van der Waals surface area contributed by atoms with Crippen LogP contribution in [0.4, 0.5) is 5.69 Å². The molecule has 4 heteroatoms. The van der Waals surface area contributed by atoms with Crippen LogP contribution in [0.25, 0.3) is 0 Å². The van der Waals surface area contributed by atoms with Gasteiger partial charge in [0, 0.05) is 11.7 Å². The maximum atomic E-state index is 11.7. The molecule has 0 unspecified atom stereocenters. The first-order valence-electron chi connectivity index (χ1n) is 6.76. The zero-order valence-electron chi connectivity index (χ0n) is 12.2. The van der Waals surface area contributed by atoms with Crippen molar-refractivity contribution in [3.8, 4) is 5.75 Å². The van der Waals surface area contributed by atoms with E-state index in [2.05, 4.69) is 19.2 Å². The summed E-state index contributed by atoms with van der Waals surface area (Å²) in [6, 6.07) is 3.96.